The van der Waals surface area contributed by atoms with E-state index in [0.29, 0.717) is 5.69 Å². The van der Waals surface area contributed by atoms with Gasteiger partial charge in [-0.1, -0.05) is 36.4 Å². The summed E-state index contributed by atoms with van der Waals surface area (Å²) in [5.41, 5.74) is 19.6. The molecule has 6 nitrogen and oxygen atoms in total. The topological polar surface area (TPSA) is 77.0 Å². The van der Waals surface area contributed by atoms with Crippen molar-refractivity contribution in [2.75, 3.05) is 15.5 Å². The summed E-state index contributed by atoms with van der Waals surface area (Å²) in [5.74, 6) is 3.20. The average molecular weight is 629 g/mol. The zero-order chi connectivity index (χ0) is 32.7. The van der Waals surface area contributed by atoms with Gasteiger partial charge >= 0.3 is 0 Å². The fourth-order valence-electron chi connectivity index (χ4n) is 5.67. The maximum absolute atomic E-state index is 6.14. The Bertz CT molecular complexity index is 2010. The third-order valence-electron chi connectivity index (χ3n) is 8.09. The Morgan fingerprint density at radius 3 is 1.17 bits per heavy atom. The van der Waals surface area contributed by atoms with Gasteiger partial charge in [-0.25, -0.2) is 0 Å². The maximum atomic E-state index is 6.14. The average Bonchev–Trinajstić information content (AvgIpc) is 3.13. The molecule has 0 unspecified atom stereocenters. The first-order valence-electron chi connectivity index (χ1n) is 16.0. The third-order valence-corrected chi connectivity index (χ3v) is 8.09. The van der Waals surface area contributed by atoms with Crippen molar-refractivity contribution in [3.63, 3.8) is 0 Å². The van der Waals surface area contributed by atoms with Crippen LogP contribution in [-0.2, 0) is 0 Å². The van der Waals surface area contributed by atoms with Crippen LogP contribution in [0.5, 0.6) is 17.2 Å². The van der Waals surface area contributed by atoms with Crippen molar-refractivity contribution in [1.82, 2.24) is 0 Å². The Morgan fingerprint density at radius 1 is 0.375 bits per heavy atom. The highest BCUT2D eigenvalue weighted by atomic mass is 16.5. The number of hydrogen-bond donors (Lipinski definition) is 2. The Hall–Kier alpha value is -6.40. The summed E-state index contributed by atoms with van der Waals surface area (Å²) >= 11 is 0. The summed E-state index contributed by atoms with van der Waals surface area (Å²) < 4.78 is 12.2. The second-order valence-corrected chi connectivity index (χ2v) is 11.5. The fraction of sp³-hybridized carbons (Fsp3) is 0.0476. The number of para-hydroxylation sites is 2. The van der Waals surface area contributed by atoms with Crippen LogP contribution in [0.2, 0.25) is 0 Å². The van der Waals surface area contributed by atoms with Gasteiger partial charge in [0.25, 0.3) is 0 Å². The molecule has 1 aliphatic rings. The lowest BCUT2D eigenvalue weighted by molar-refractivity contribution is 0.400. The molecule has 1 aliphatic carbocycles. The van der Waals surface area contributed by atoms with E-state index in [9.17, 15) is 0 Å². The summed E-state index contributed by atoms with van der Waals surface area (Å²) in [6.45, 7) is 0. The molecule has 7 rings (SSSR count). The highest BCUT2D eigenvalue weighted by molar-refractivity contribution is 5.81. The van der Waals surface area contributed by atoms with Crippen LogP contribution < -0.4 is 30.7 Å². The van der Waals surface area contributed by atoms with E-state index in [0.717, 1.165) is 75.7 Å². The number of nitrogens with two attached hydrogens (primary N) is 2. The molecule has 0 aliphatic heterocycles. The Balaban J connectivity index is 1.17. The predicted molar refractivity (Wildman–Crippen MR) is 197 cm³/mol. The Morgan fingerprint density at radius 2 is 0.750 bits per heavy atom. The van der Waals surface area contributed by atoms with Crippen LogP contribution in [0, 0.1) is 0 Å². The molecule has 0 atom stereocenters. The lowest BCUT2D eigenvalue weighted by atomic mass is 10.1. The predicted octanol–water partition coefficient (Wildman–Crippen LogP) is 10.9. The van der Waals surface area contributed by atoms with E-state index in [-0.39, 0.29) is 0 Å². The van der Waals surface area contributed by atoms with Gasteiger partial charge in [0.15, 0.2) is 0 Å². The van der Waals surface area contributed by atoms with Gasteiger partial charge in [0.05, 0.1) is 0 Å². The number of nitrogen functional groups attached to an aromatic ring is 1. The summed E-state index contributed by atoms with van der Waals surface area (Å²) in [6, 6.07) is 53.1. The highest BCUT2D eigenvalue weighted by Crippen LogP contribution is 2.40. The maximum Gasteiger partial charge on any atom is 0.127 e. The molecule has 6 aromatic carbocycles. The van der Waals surface area contributed by atoms with Gasteiger partial charge in [-0.05, 0) is 140 Å². The second kappa shape index (κ2) is 13.9. The molecule has 6 aromatic rings. The Kier molecular flexibility index (Phi) is 8.78. The van der Waals surface area contributed by atoms with E-state index in [1.165, 1.54) is 0 Å². The summed E-state index contributed by atoms with van der Waals surface area (Å²) in [6.07, 6.45) is 5.48. The molecule has 0 heterocycles. The van der Waals surface area contributed by atoms with Crippen LogP contribution in [0.4, 0.5) is 39.8 Å². The number of benzene rings is 6. The number of allylic oxidation sites excluding steroid dienone is 4. The minimum absolute atomic E-state index is 0.703. The van der Waals surface area contributed by atoms with E-state index in [2.05, 4.69) is 107 Å². The molecule has 0 saturated carbocycles. The largest absolute Gasteiger partial charge is 0.462 e. The first-order chi connectivity index (χ1) is 23.6. The van der Waals surface area contributed by atoms with E-state index in [4.69, 9.17) is 20.9 Å². The standard InChI is InChI=1S/C42H36N4O2/c43-31-11-23-39(24-12-31)47-41-27-19-37(20-28-41)45(33-7-3-1-4-8-33)35-15-17-36(18-16-35)46(34-9-5-2-6-10-34)38-21-29-42(30-22-38)48-40-25-13-32(44)14-26-40/h1-13,15-25,27-30H,14,26,43-44H2. The van der Waals surface area contributed by atoms with Crippen molar-refractivity contribution in [2.45, 2.75) is 12.8 Å². The second-order valence-electron chi connectivity index (χ2n) is 11.5. The summed E-state index contributed by atoms with van der Waals surface area (Å²) in [5, 5.41) is 0. The zero-order valence-electron chi connectivity index (χ0n) is 26.4. The normalized spacial score (nSPS) is 12.4. The van der Waals surface area contributed by atoms with Gasteiger partial charge in [-0.2, -0.15) is 0 Å². The molecule has 0 radical (unpaired) electrons. The molecule has 0 aromatic heterocycles. The van der Waals surface area contributed by atoms with Gasteiger partial charge in [0, 0.05) is 51.9 Å². The van der Waals surface area contributed by atoms with Crippen molar-refractivity contribution in [1.29, 1.82) is 0 Å². The molecule has 0 fully saturated rings. The van der Waals surface area contributed by atoms with Gasteiger partial charge < -0.3 is 30.7 Å². The van der Waals surface area contributed by atoms with Crippen LogP contribution in [-0.4, -0.2) is 0 Å². The van der Waals surface area contributed by atoms with E-state index < -0.39 is 0 Å². The Labute approximate surface area is 281 Å². The first kappa shape index (κ1) is 30.3. The zero-order valence-corrected chi connectivity index (χ0v) is 26.4. The van der Waals surface area contributed by atoms with Crippen molar-refractivity contribution < 1.29 is 9.47 Å². The van der Waals surface area contributed by atoms with Crippen LogP contribution in [0.1, 0.15) is 12.8 Å². The molecule has 0 bridgehead atoms. The molecule has 48 heavy (non-hydrogen) atoms. The van der Waals surface area contributed by atoms with E-state index in [1.807, 2.05) is 72.8 Å². The van der Waals surface area contributed by atoms with Gasteiger partial charge in [-0.15, -0.1) is 0 Å². The lowest BCUT2D eigenvalue weighted by Gasteiger charge is -2.28. The minimum Gasteiger partial charge on any atom is -0.462 e. The van der Waals surface area contributed by atoms with Gasteiger partial charge in [0.1, 0.15) is 23.0 Å². The fourth-order valence-corrected chi connectivity index (χ4v) is 5.67. The van der Waals surface area contributed by atoms with Gasteiger partial charge in [-0.3, -0.25) is 0 Å². The van der Waals surface area contributed by atoms with Crippen LogP contribution in [0.3, 0.4) is 0 Å². The molecule has 4 N–H and O–H groups in total. The highest BCUT2D eigenvalue weighted by Gasteiger charge is 2.16. The van der Waals surface area contributed by atoms with Crippen LogP contribution >= 0.6 is 0 Å². The minimum atomic E-state index is 0.703. The van der Waals surface area contributed by atoms with E-state index >= 15 is 0 Å². The molecular formula is C42H36N4O2. The van der Waals surface area contributed by atoms with E-state index in [1.54, 1.807) is 0 Å². The number of nitrogens with zero attached hydrogens (tertiary/aromatic N) is 2. The quantitative estimate of drug-likeness (QED) is 0.147. The van der Waals surface area contributed by atoms with Crippen molar-refractivity contribution >= 4 is 39.8 Å². The van der Waals surface area contributed by atoms with Gasteiger partial charge in [0.2, 0.25) is 0 Å². The molecule has 0 amide bonds. The molecule has 0 saturated heterocycles. The molecule has 6 heteroatoms. The monoisotopic (exact) mass is 628 g/mol. The molecule has 0 spiro atoms. The van der Waals surface area contributed by atoms with Crippen molar-refractivity contribution in [3.05, 3.63) is 181 Å². The number of hydrogen-bond acceptors (Lipinski definition) is 6. The third kappa shape index (κ3) is 7.03. The lowest BCUT2D eigenvalue weighted by Crippen LogP contribution is -2.12. The molecule has 236 valence electrons. The first-order valence-corrected chi connectivity index (χ1v) is 16.0. The molecular weight excluding hydrogens is 592 g/mol. The van der Waals surface area contributed by atoms with Crippen LogP contribution in [0.15, 0.2) is 181 Å². The number of ether oxygens (including phenoxy) is 2. The number of rotatable bonds is 10. The smallest absolute Gasteiger partial charge is 0.127 e. The summed E-state index contributed by atoms with van der Waals surface area (Å²) in [4.78, 5) is 4.48. The summed E-state index contributed by atoms with van der Waals surface area (Å²) in [7, 11) is 0. The van der Waals surface area contributed by atoms with Crippen molar-refractivity contribution in [3.8, 4) is 17.2 Å². The SMILES string of the molecule is NC1=CC=C(Oc2ccc(N(c3ccccc3)c3ccc(N(c4ccccc4)c4ccc(Oc5ccc(N)cc5)cc4)cc3)cc2)CC1. The van der Waals surface area contributed by atoms with Crippen molar-refractivity contribution in [2.24, 2.45) is 5.73 Å². The number of anilines is 7. The van der Waals surface area contributed by atoms with Crippen LogP contribution in [0.25, 0.3) is 0 Å².